The van der Waals surface area contributed by atoms with E-state index in [9.17, 15) is 0 Å². The van der Waals surface area contributed by atoms with E-state index in [0.29, 0.717) is 0 Å². The largest absolute Gasteiger partial charge is 0.390 e. The van der Waals surface area contributed by atoms with Crippen molar-refractivity contribution >= 4 is 6.34 Å². The van der Waals surface area contributed by atoms with Gasteiger partial charge in [-0.1, -0.05) is 0 Å². The summed E-state index contributed by atoms with van der Waals surface area (Å²) in [5.41, 5.74) is 4.39. The van der Waals surface area contributed by atoms with Crippen LogP contribution in [0, 0.1) is 5.41 Å². The van der Waals surface area contributed by atoms with E-state index >= 15 is 0 Å². The number of ether oxygens (including phenoxy) is 1. The molecule has 9 heavy (non-hydrogen) atoms. The molecule has 4 heteroatoms. The van der Waals surface area contributed by atoms with Crippen LogP contribution in [-0.4, -0.2) is 32.6 Å². The molecule has 0 amide bonds. The van der Waals surface area contributed by atoms with Crippen LogP contribution in [-0.2, 0) is 4.74 Å². The van der Waals surface area contributed by atoms with Crippen LogP contribution in [0.25, 0.3) is 0 Å². The molecule has 0 unspecified atom stereocenters. The number of rotatable bonds is 0. The molecule has 4 N–H and O–H groups in total. The van der Waals surface area contributed by atoms with Crippen LogP contribution in [0.1, 0.15) is 0 Å². The van der Waals surface area contributed by atoms with Crippen molar-refractivity contribution in [1.82, 2.24) is 5.32 Å². The van der Waals surface area contributed by atoms with Gasteiger partial charge in [-0.2, -0.15) is 0 Å². The molecule has 1 rings (SSSR count). The summed E-state index contributed by atoms with van der Waals surface area (Å²) in [5, 5.41) is 9.02. The van der Waals surface area contributed by atoms with Crippen LogP contribution in [0.5, 0.6) is 0 Å². The van der Waals surface area contributed by atoms with Crippen LogP contribution in [0.15, 0.2) is 0 Å². The summed E-state index contributed by atoms with van der Waals surface area (Å²) in [6.07, 6.45) is 0.750. The van der Waals surface area contributed by atoms with Crippen molar-refractivity contribution in [3.63, 3.8) is 0 Å². The van der Waals surface area contributed by atoms with Gasteiger partial charge in [0.15, 0.2) is 0 Å². The fraction of sp³-hybridized carbons (Fsp3) is 0.800. The zero-order valence-corrected chi connectivity index (χ0v) is 5.39. The Morgan fingerprint density at radius 2 is 1.89 bits per heavy atom. The fourth-order valence-electron chi connectivity index (χ4n) is 0.516. The molecule has 1 fully saturated rings. The highest BCUT2D eigenvalue weighted by atomic mass is 16.5. The quantitative estimate of drug-likeness (QED) is 0.296. The van der Waals surface area contributed by atoms with Crippen LogP contribution in [0.4, 0.5) is 0 Å². The van der Waals surface area contributed by atoms with Gasteiger partial charge in [0.1, 0.15) is 0 Å². The molecule has 1 aliphatic rings. The molecule has 4 nitrogen and oxygen atoms in total. The van der Waals surface area contributed by atoms with Gasteiger partial charge >= 0.3 is 0 Å². The Bertz CT molecular complexity index is 51.7. The van der Waals surface area contributed by atoms with E-state index in [1.807, 2.05) is 0 Å². The summed E-state index contributed by atoms with van der Waals surface area (Å²) < 4.78 is 5.01. The third kappa shape index (κ3) is 7.39. The van der Waals surface area contributed by atoms with E-state index in [1.165, 1.54) is 0 Å². The van der Waals surface area contributed by atoms with Gasteiger partial charge in [0.25, 0.3) is 0 Å². The Balaban J connectivity index is 0.000000187. The highest BCUT2D eigenvalue weighted by molar-refractivity contribution is 5.46. The molecule has 0 aromatic carbocycles. The van der Waals surface area contributed by atoms with Gasteiger partial charge in [-0.25, -0.2) is 0 Å². The Kier molecular flexibility index (Phi) is 6.89. The van der Waals surface area contributed by atoms with E-state index in [2.05, 4.69) is 11.1 Å². The van der Waals surface area contributed by atoms with Gasteiger partial charge in [0.2, 0.25) is 0 Å². The maximum absolute atomic E-state index is 5.86. The topological polar surface area (TPSA) is 71.1 Å². The molecule has 0 radical (unpaired) electrons. The first-order valence-corrected chi connectivity index (χ1v) is 2.91. The summed E-state index contributed by atoms with van der Waals surface area (Å²) in [4.78, 5) is 0. The lowest BCUT2D eigenvalue weighted by atomic mass is 10.5. The minimum atomic E-state index is 0.750. The number of nitrogens with two attached hydrogens (primary N) is 1. The number of morpholine rings is 1. The molecule has 1 saturated heterocycles. The standard InChI is InChI=1S/C4H9NO.CH4N2/c1-3-6-4-2-5-1;2-1-3/h5H,1-4H2;1H,(H3,2,3). The smallest absolute Gasteiger partial charge is 0.0765 e. The SMILES string of the molecule is C1COCCN1.N=CN. The minimum absolute atomic E-state index is 0.750. The summed E-state index contributed by atoms with van der Waals surface area (Å²) in [6, 6.07) is 0. The molecule has 0 bridgehead atoms. The van der Waals surface area contributed by atoms with E-state index in [1.54, 1.807) is 0 Å². The molecule has 54 valence electrons. The predicted molar refractivity (Wildman–Crippen MR) is 36.7 cm³/mol. The van der Waals surface area contributed by atoms with Crippen molar-refractivity contribution in [2.24, 2.45) is 5.73 Å². The predicted octanol–water partition coefficient (Wildman–Crippen LogP) is -0.842. The molecule has 0 saturated carbocycles. The number of hydrogen-bond donors (Lipinski definition) is 3. The minimum Gasteiger partial charge on any atom is -0.390 e. The molecule has 0 aromatic rings. The summed E-state index contributed by atoms with van der Waals surface area (Å²) >= 11 is 0. The Hall–Kier alpha value is -0.610. The summed E-state index contributed by atoms with van der Waals surface area (Å²) in [5.74, 6) is 0. The third-order valence-corrected chi connectivity index (χ3v) is 0.846. The average molecular weight is 131 g/mol. The van der Waals surface area contributed by atoms with Crippen molar-refractivity contribution in [1.29, 1.82) is 5.41 Å². The Morgan fingerprint density at radius 1 is 1.44 bits per heavy atom. The molecule has 0 spiro atoms. The van der Waals surface area contributed by atoms with Crippen LogP contribution < -0.4 is 11.1 Å². The summed E-state index contributed by atoms with van der Waals surface area (Å²) in [6.45, 7) is 3.83. The van der Waals surface area contributed by atoms with E-state index in [4.69, 9.17) is 10.1 Å². The lowest BCUT2D eigenvalue weighted by Gasteiger charge is -2.10. The Labute approximate surface area is 54.9 Å². The molecule has 1 aliphatic heterocycles. The lowest BCUT2D eigenvalue weighted by molar-refractivity contribution is 0.109. The number of hydrogen-bond acceptors (Lipinski definition) is 3. The zero-order valence-electron chi connectivity index (χ0n) is 5.39. The molecular weight excluding hydrogens is 118 g/mol. The van der Waals surface area contributed by atoms with Crippen molar-refractivity contribution in [3.8, 4) is 0 Å². The molecular formula is C5H13N3O. The maximum Gasteiger partial charge on any atom is 0.0765 e. The lowest BCUT2D eigenvalue weighted by Crippen LogP contribution is -2.30. The van der Waals surface area contributed by atoms with E-state index in [0.717, 1.165) is 32.6 Å². The van der Waals surface area contributed by atoms with Gasteiger partial charge < -0.3 is 15.8 Å². The number of nitrogens with one attached hydrogen (secondary N) is 2. The molecule has 0 atom stereocenters. The van der Waals surface area contributed by atoms with Crippen molar-refractivity contribution in [2.45, 2.75) is 0 Å². The van der Waals surface area contributed by atoms with Crippen molar-refractivity contribution in [3.05, 3.63) is 0 Å². The first-order valence-electron chi connectivity index (χ1n) is 2.91. The monoisotopic (exact) mass is 131 g/mol. The van der Waals surface area contributed by atoms with Gasteiger partial charge in [0, 0.05) is 13.1 Å². The summed E-state index contributed by atoms with van der Waals surface area (Å²) in [7, 11) is 0. The van der Waals surface area contributed by atoms with Gasteiger partial charge in [-0.05, 0) is 0 Å². The average Bonchev–Trinajstić information content (AvgIpc) is 1.93. The second kappa shape index (κ2) is 7.39. The maximum atomic E-state index is 5.86. The molecule has 0 aromatic heterocycles. The van der Waals surface area contributed by atoms with Gasteiger partial charge in [-0.15, -0.1) is 0 Å². The van der Waals surface area contributed by atoms with Crippen molar-refractivity contribution in [2.75, 3.05) is 26.3 Å². The first-order chi connectivity index (χ1) is 4.41. The van der Waals surface area contributed by atoms with Gasteiger partial charge in [-0.3, -0.25) is 5.41 Å². The van der Waals surface area contributed by atoms with E-state index < -0.39 is 0 Å². The van der Waals surface area contributed by atoms with Crippen LogP contribution in [0.2, 0.25) is 0 Å². The van der Waals surface area contributed by atoms with Crippen LogP contribution in [0.3, 0.4) is 0 Å². The zero-order chi connectivity index (χ0) is 6.95. The normalized spacial score (nSPS) is 17.3. The second-order valence-electron chi connectivity index (χ2n) is 1.53. The second-order valence-corrected chi connectivity index (χ2v) is 1.53. The Morgan fingerprint density at radius 3 is 2.00 bits per heavy atom. The van der Waals surface area contributed by atoms with Gasteiger partial charge in [0.05, 0.1) is 19.6 Å². The molecule has 1 heterocycles. The van der Waals surface area contributed by atoms with Crippen molar-refractivity contribution < 1.29 is 4.74 Å². The third-order valence-electron chi connectivity index (χ3n) is 0.846. The van der Waals surface area contributed by atoms with E-state index in [-0.39, 0.29) is 0 Å². The highest BCUT2D eigenvalue weighted by Gasteiger charge is 1.92. The fourth-order valence-corrected chi connectivity index (χ4v) is 0.516. The molecule has 0 aliphatic carbocycles. The highest BCUT2D eigenvalue weighted by Crippen LogP contribution is 1.76. The first kappa shape index (κ1) is 8.39. The van der Waals surface area contributed by atoms with Crippen LogP contribution >= 0.6 is 0 Å².